The maximum atomic E-state index is 12.5. The van der Waals surface area contributed by atoms with Gasteiger partial charge in [-0.05, 0) is 24.3 Å². The van der Waals surface area contributed by atoms with E-state index in [0.29, 0.717) is 0 Å². The Morgan fingerprint density at radius 1 is 1.26 bits per heavy atom. The van der Waals surface area contributed by atoms with Gasteiger partial charge in [0.15, 0.2) is 5.09 Å². The van der Waals surface area contributed by atoms with Crippen molar-refractivity contribution in [3.63, 3.8) is 0 Å². The average Bonchev–Trinajstić information content (AvgIpc) is 2.76. The highest BCUT2D eigenvalue weighted by molar-refractivity contribution is 7.99. The van der Waals surface area contributed by atoms with Crippen LogP contribution in [0.3, 0.4) is 0 Å². The van der Waals surface area contributed by atoms with E-state index in [2.05, 4.69) is 0 Å². The molecule has 0 saturated heterocycles. The normalized spacial score (nSPS) is 11.5. The molecule has 2 rings (SSSR count). The number of furan rings is 1. The minimum Gasteiger partial charge on any atom is -0.478 e. The predicted octanol–water partition coefficient (Wildman–Crippen LogP) is 4.15. The SMILES string of the molecule is O=C(O)c1ccoc1Sc1cccc(C(F)(F)F)c1. The van der Waals surface area contributed by atoms with Crippen molar-refractivity contribution in [3.05, 3.63) is 47.7 Å². The van der Waals surface area contributed by atoms with Crippen molar-refractivity contribution in [3.8, 4) is 0 Å². The van der Waals surface area contributed by atoms with Crippen molar-refractivity contribution in [2.45, 2.75) is 16.2 Å². The van der Waals surface area contributed by atoms with Crippen LogP contribution in [0.25, 0.3) is 0 Å². The molecule has 19 heavy (non-hydrogen) atoms. The van der Waals surface area contributed by atoms with Crippen LogP contribution in [-0.2, 0) is 6.18 Å². The number of carboxylic acids is 1. The molecule has 0 aliphatic rings. The second-order valence-electron chi connectivity index (χ2n) is 3.55. The van der Waals surface area contributed by atoms with Gasteiger partial charge in [-0.3, -0.25) is 0 Å². The van der Waals surface area contributed by atoms with Crippen LogP contribution < -0.4 is 0 Å². The number of hydrogen-bond donors (Lipinski definition) is 1. The number of alkyl halides is 3. The fourth-order valence-electron chi connectivity index (χ4n) is 1.38. The molecule has 0 atom stereocenters. The van der Waals surface area contributed by atoms with Crippen LogP contribution in [0.2, 0.25) is 0 Å². The van der Waals surface area contributed by atoms with E-state index >= 15 is 0 Å². The molecule has 0 aliphatic carbocycles. The molecule has 0 saturated carbocycles. The Morgan fingerprint density at radius 2 is 2.00 bits per heavy atom. The van der Waals surface area contributed by atoms with Crippen molar-refractivity contribution in [2.75, 3.05) is 0 Å². The fraction of sp³-hybridized carbons (Fsp3) is 0.0833. The first kappa shape index (κ1) is 13.5. The quantitative estimate of drug-likeness (QED) is 0.921. The molecule has 0 bridgehead atoms. The predicted molar refractivity (Wildman–Crippen MR) is 61.2 cm³/mol. The van der Waals surface area contributed by atoms with Gasteiger partial charge in [0.25, 0.3) is 0 Å². The van der Waals surface area contributed by atoms with Gasteiger partial charge < -0.3 is 9.52 Å². The van der Waals surface area contributed by atoms with E-state index in [-0.39, 0.29) is 15.6 Å². The summed E-state index contributed by atoms with van der Waals surface area (Å²) in [5.74, 6) is -1.19. The lowest BCUT2D eigenvalue weighted by atomic mass is 10.2. The van der Waals surface area contributed by atoms with E-state index in [1.54, 1.807) is 0 Å². The maximum Gasteiger partial charge on any atom is 0.416 e. The van der Waals surface area contributed by atoms with Crippen molar-refractivity contribution in [2.24, 2.45) is 0 Å². The van der Waals surface area contributed by atoms with Crippen LogP contribution in [0.5, 0.6) is 0 Å². The Labute approximate surface area is 110 Å². The van der Waals surface area contributed by atoms with Gasteiger partial charge in [-0.15, -0.1) is 0 Å². The van der Waals surface area contributed by atoms with Gasteiger partial charge in [-0.1, -0.05) is 17.8 Å². The van der Waals surface area contributed by atoms with Gasteiger partial charge in [0.1, 0.15) is 5.56 Å². The molecule has 0 spiro atoms. The molecule has 2 aromatic rings. The van der Waals surface area contributed by atoms with Crippen molar-refractivity contribution >= 4 is 17.7 Å². The van der Waals surface area contributed by atoms with E-state index in [1.807, 2.05) is 0 Å². The van der Waals surface area contributed by atoms with Crippen molar-refractivity contribution in [1.29, 1.82) is 0 Å². The molecule has 100 valence electrons. The van der Waals surface area contributed by atoms with Crippen LogP contribution >= 0.6 is 11.8 Å². The van der Waals surface area contributed by atoms with E-state index in [1.165, 1.54) is 24.5 Å². The lowest BCUT2D eigenvalue weighted by Gasteiger charge is -2.07. The molecular weight excluding hydrogens is 281 g/mol. The first-order valence-electron chi connectivity index (χ1n) is 5.04. The molecule has 0 fully saturated rings. The summed E-state index contributed by atoms with van der Waals surface area (Å²) in [6.07, 6.45) is -3.26. The van der Waals surface area contributed by atoms with E-state index in [0.717, 1.165) is 23.9 Å². The summed E-state index contributed by atoms with van der Waals surface area (Å²) < 4.78 is 42.5. The molecule has 0 aliphatic heterocycles. The van der Waals surface area contributed by atoms with Crippen LogP contribution in [-0.4, -0.2) is 11.1 Å². The Morgan fingerprint density at radius 3 is 2.63 bits per heavy atom. The van der Waals surface area contributed by atoms with Gasteiger partial charge >= 0.3 is 12.1 Å². The Bertz CT molecular complexity index is 604. The van der Waals surface area contributed by atoms with E-state index in [9.17, 15) is 18.0 Å². The van der Waals surface area contributed by atoms with Gasteiger partial charge in [-0.2, -0.15) is 13.2 Å². The van der Waals surface area contributed by atoms with Gasteiger partial charge in [0.05, 0.1) is 11.8 Å². The standard InChI is InChI=1S/C12H7F3O3S/c13-12(14,15)7-2-1-3-8(6-7)19-11-9(10(16)17)4-5-18-11/h1-6H,(H,16,17). The molecule has 3 nitrogen and oxygen atoms in total. The topological polar surface area (TPSA) is 50.4 Å². The average molecular weight is 288 g/mol. The highest BCUT2D eigenvalue weighted by Gasteiger charge is 2.30. The summed E-state index contributed by atoms with van der Waals surface area (Å²) in [5.41, 5.74) is -0.872. The monoisotopic (exact) mass is 288 g/mol. The molecule has 1 N–H and O–H groups in total. The van der Waals surface area contributed by atoms with E-state index < -0.39 is 17.7 Å². The number of halogens is 3. The van der Waals surface area contributed by atoms with Crippen LogP contribution in [0.1, 0.15) is 15.9 Å². The first-order chi connectivity index (χ1) is 8.88. The summed E-state index contributed by atoms with van der Waals surface area (Å²) in [6, 6.07) is 5.85. The van der Waals surface area contributed by atoms with Gasteiger partial charge in [0, 0.05) is 4.90 Å². The number of hydrogen-bond acceptors (Lipinski definition) is 3. The molecular formula is C12H7F3O3S. The lowest BCUT2D eigenvalue weighted by molar-refractivity contribution is -0.137. The second kappa shape index (κ2) is 5.00. The van der Waals surface area contributed by atoms with Crippen molar-refractivity contribution in [1.82, 2.24) is 0 Å². The molecule has 1 aromatic heterocycles. The smallest absolute Gasteiger partial charge is 0.416 e. The minimum absolute atomic E-state index is 0.0480. The van der Waals surface area contributed by atoms with Crippen LogP contribution in [0.4, 0.5) is 13.2 Å². The number of aromatic carboxylic acids is 1. The molecule has 0 amide bonds. The van der Waals surface area contributed by atoms with Gasteiger partial charge in [0.2, 0.25) is 0 Å². The molecule has 0 radical (unpaired) electrons. The number of benzene rings is 1. The fourth-order valence-corrected chi connectivity index (χ4v) is 2.29. The summed E-state index contributed by atoms with van der Waals surface area (Å²) in [6.45, 7) is 0. The summed E-state index contributed by atoms with van der Waals surface area (Å²) in [7, 11) is 0. The molecule has 0 unspecified atom stereocenters. The third kappa shape index (κ3) is 3.11. The zero-order valence-corrected chi connectivity index (χ0v) is 10.1. The summed E-state index contributed by atoms with van der Waals surface area (Å²) in [5, 5.41) is 8.91. The third-order valence-electron chi connectivity index (χ3n) is 2.23. The minimum atomic E-state index is -4.44. The zero-order chi connectivity index (χ0) is 14.0. The second-order valence-corrected chi connectivity index (χ2v) is 4.60. The number of carboxylic acid groups (broad SMARTS) is 1. The maximum absolute atomic E-state index is 12.5. The lowest BCUT2D eigenvalue weighted by Crippen LogP contribution is -2.04. The van der Waals surface area contributed by atoms with Crippen LogP contribution in [0, 0.1) is 0 Å². The summed E-state index contributed by atoms with van der Waals surface area (Å²) in [4.78, 5) is 11.1. The largest absolute Gasteiger partial charge is 0.478 e. The zero-order valence-electron chi connectivity index (χ0n) is 9.27. The molecule has 1 aromatic carbocycles. The van der Waals surface area contributed by atoms with Crippen molar-refractivity contribution < 1.29 is 27.5 Å². The Kier molecular flexibility index (Phi) is 3.57. The first-order valence-corrected chi connectivity index (χ1v) is 5.85. The number of carbonyl (C=O) groups is 1. The number of rotatable bonds is 3. The Hall–Kier alpha value is -1.89. The van der Waals surface area contributed by atoms with Crippen LogP contribution in [0.15, 0.2) is 51.0 Å². The third-order valence-corrected chi connectivity index (χ3v) is 3.22. The molecule has 7 heteroatoms. The summed E-state index contributed by atoms with van der Waals surface area (Å²) >= 11 is 0.832. The Balaban J connectivity index is 2.29. The van der Waals surface area contributed by atoms with E-state index in [4.69, 9.17) is 9.52 Å². The highest BCUT2D eigenvalue weighted by Crippen LogP contribution is 2.35. The molecule has 1 heterocycles. The van der Waals surface area contributed by atoms with Gasteiger partial charge in [-0.25, -0.2) is 4.79 Å². The highest BCUT2D eigenvalue weighted by atomic mass is 32.2.